The van der Waals surface area contributed by atoms with Crippen LogP contribution in [0, 0.1) is 5.92 Å². The first-order valence-electron chi connectivity index (χ1n) is 9.90. The lowest BCUT2D eigenvalue weighted by molar-refractivity contribution is -0.186. The molecule has 150 valence electrons. The first kappa shape index (κ1) is 18.9. The molecule has 1 aromatic rings. The first-order chi connectivity index (χ1) is 13.6. The Morgan fingerprint density at radius 3 is 2.46 bits per heavy atom. The number of aliphatic hydroxyl groups is 1. The van der Waals surface area contributed by atoms with Crippen LogP contribution in [0.1, 0.15) is 50.5 Å². The first-order valence-corrected chi connectivity index (χ1v) is 9.90. The number of carbonyl (C=O) groups is 1. The maximum absolute atomic E-state index is 12.8. The maximum Gasteiger partial charge on any atom is 0.345 e. The van der Waals surface area contributed by atoms with Crippen molar-refractivity contribution in [2.24, 2.45) is 5.92 Å². The second-order valence-corrected chi connectivity index (χ2v) is 7.59. The van der Waals surface area contributed by atoms with Gasteiger partial charge in [0.1, 0.15) is 17.6 Å². The second-order valence-electron chi connectivity index (χ2n) is 7.59. The van der Waals surface area contributed by atoms with Gasteiger partial charge < -0.3 is 24.1 Å². The smallest absolute Gasteiger partial charge is 0.345 e. The van der Waals surface area contributed by atoms with Crippen molar-refractivity contribution in [3.05, 3.63) is 53.0 Å². The molecule has 0 saturated heterocycles. The molecule has 6 heteroatoms. The fraction of sp³-hybridized carbons (Fsp3) is 0.500. The molecule has 1 unspecified atom stereocenters. The number of ether oxygens (including phenoxy) is 4. The van der Waals surface area contributed by atoms with Gasteiger partial charge in [0.05, 0.1) is 7.11 Å². The number of hydrogen-bond acceptors (Lipinski definition) is 6. The summed E-state index contributed by atoms with van der Waals surface area (Å²) in [4.78, 5) is 12.8. The average molecular weight is 386 g/mol. The summed E-state index contributed by atoms with van der Waals surface area (Å²) in [5.74, 6) is -0.995. The van der Waals surface area contributed by atoms with Gasteiger partial charge in [0.15, 0.2) is 5.76 Å². The predicted molar refractivity (Wildman–Crippen MR) is 101 cm³/mol. The average Bonchev–Trinajstić information content (AvgIpc) is 3.21. The van der Waals surface area contributed by atoms with Crippen LogP contribution in [0.3, 0.4) is 0 Å². The van der Waals surface area contributed by atoms with Crippen molar-refractivity contribution >= 4 is 5.97 Å². The van der Waals surface area contributed by atoms with Crippen molar-refractivity contribution in [2.75, 3.05) is 13.9 Å². The van der Waals surface area contributed by atoms with Crippen LogP contribution in [0.4, 0.5) is 0 Å². The van der Waals surface area contributed by atoms with Crippen molar-refractivity contribution in [2.45, 2.75) is 50.7 Å². The van der Waals surface area contributed by atoms with Crippen LogP contribution in [0.15, 0.2) is 47.4 Å². The molecule has 3 aliphatic rings. The van der Waals surface area contributed by atoms with E-state index in [1.54, 1.807) is 31.4 Å². The van der Waals surface area contributed by atoms with Gasteiger partial charge >= 0.3 is 5.97 Å². The molecular formula is C22H26O6. The van der Waals surface area contributed by atoms with Gasteiger partial charge in [-0.2, -0.15) is 0 Å². The van der Waals surface area contributed by atoms with E-state index in [9.17, 15) is 9.90 Å². The molecule has 4 rings (SSSR count). The summed E-state index contributed by atoms with van der Waals surface area (Å²) in [6, 6.07) is 6.94. The monoisotopic (exact) mass is 386 g/mol. The Balaban J connectivity index is 1.74. The molecule has 1 aliphatic carbocycles. The Morgan fingerprint density at radius 2 is 1.86 bits per heavy atom. The van der Waals surface area contributed by atoms with Gasteiger partial charge in [0.25, 0.3) is 5.79 Å². The van der Waals surface area contributed by atoms with Crippen molar-refractivity contribution in [3.8, 4) is 5.75 Å². The van der Waals surface area contributed by atoms with Crippen LogP contribution in [0.25, 0.3) is 0 Å². The Hall–Kier alpha value is -2.47. The van der Waals surface area contributed by atoms with Gasteiger partial charge in [-0.25, -0.2) is 4.79 Å². The molecule has 6 nitrogen and oxygen atoms in total. The van der Waals surface area contributed by atoms with Gasteiger partial charge in [-0.1, -0.05) is 38.5 Å². The topological polar surface area (TPSA) is 74.2 Å². The van der Waals surface area contributed by atoms with Gasteiger partial charge in [-0.15, -0.1) is 0 Å². The van der Waals surface area contributed by atoms with Crippen LogP contribution < -0.4 is 4.74 Å². The normalized spacial score (nSPS) is 25.6. The lowest BCUT2D eigenvalue weighted by atomic mass is 9.84. The largest absolute Gasteiger partial charge is 0.497 e. The van der Waals surface area contributed by atoms with E-state index in [4.69, 9.17) is 18.9 Å². The van der Waals surface area contributed by atoms with E-state index < -0.39 is 11.8 Å². The molecule has 0 spiro atoms. The van der Waals surface area contributed by atoms with Crippen molar-refractivity contribution in [3.63, 3.8) is 0 Å². The molecule has 1 saturated carbocycles. The highest BCUT2D eigenvalue weighted by atomic mass is 16.7. The Bertz CT molecular complexity index is 786. The fourth-order valence-corrected chi connectivity index (χ4v) is 4.31. The summed E-state index contributed by atoms with van der Waals surface area (Å²) in [5.41, 5.74) is 1.35. The van der Waals surface area contributed by atoms with Crippen LogP contribution in [0.5, 0.6) is 5.75 Å². The van der Waals surface area contributed by atoms with E-state index in [-0.39, 0.29) is 6.79 Å². The van der Waals surface area contributed by atoms with E-state index >= 15 is 0 Å². The summed E-state index contributed by atoms with van der Waals surface area (Å²) in [6.45, 7) is 0.0593. The fourth-order valence-electron chi connectivity index (χ4n) is 4.31. The highest BCUT2D eigenvalue weighted by molar-refractivity contribution is 5.97. The molecule has 1 N–H and O–H groups in total. The molecule has 0 amide bonds. The number of benzene rings is 1. The van der Waals surface area contributed by atoms with Crippen molar-refractivity contribution < 1.29 is 28.8 Å². The van der Waals surface area contributed by atoms with E-state index in [1.165, 1.54) is 31.9 Å². The summed E-state index contributed by atoms with van der Waals surface area (Å²) in [6.07, 6.45) is 9.00. The molecule has 1 aromatic carbocycles. The summed E-state index contributed by atoms with van der Waals surface area (Å²) in [7, 11) is 1.58. The number of methoxy groups -OCH3 is 1. The summed E-state index contributed by atoms with van der Waals surface area (Å²) < 4.78 is 21.4. The zero-order valence-corrected chi connectivity index (χ0v) is 16.1. The van der Waals surface area contributed by atoms with E-state index in [2.05, 4.69) is 0 Å². The minimum atomic E-state index is -1.81. The van der Waals surface area contributed by atoms with Gasteiger partial charge in [0.2, 0.25) is 6.79 Å². The number of hydrogen-bond donors (Lipinski definition) is 1. The second kappa shape index (κ2) is 7.87. The van der Waals surface area contributed by atoms with Crippen LogP contribution in [-0.2, 0) is 24.8 Å². The number of carbonyl (C=O) groups excluding carboxylic acids is 1. The number of rotatable bonds is 5. The van der Waals surface area contributed by atoms with Gasteiger partial charge in [-0.05, 0) is 36.6 Å². The van der Waals surface area contributed by atoms with Crippen molar-refractivity contribution in [1.82, 2.24) is 0 Å². The lowest BCUT2D eigenvalue weighted by Crippen LogP contribution is -2.29. The number of esters is 1. The Labute approximate surface area is 164 Å². The zero-order chi connectivity index (χ0) is 19.6. The molecular weight excluding hydrogens is 360 g/mol. The molecule has 2 aliphatic heterocycles. The molecule has 0 aromatic heterocycles. The third kappa shape index (κ3) is 3.49. The zero-order valence-electron chi connectivity index (χ0n) is 16.1. The summed E-state index contributed by atoms with van der Waals surface area (Å²) >= 11 is 0. The molecule has 2 heterocycles. The van der Waals surface area contributed by atoms with Crippen LogP contribution >= 0.6 is 0 Å². The minimum Gasteiger partial charge on any atom is -0.497 e. The highest BCUT2D eigenvalue weighted by Crippen LogP contribution is 2.46. The van der Waals surface area contributed by atoms with E-state index in [0.717, 1.165) is 12.8 Å². The SMILES string of the molecule is COc1ccc(C2(O)OC(=O)C(C3=COCO3)=C2CC2CCCCCC2)cc1. The lowest BCUT2D eigenvalue weighted by Gasteiger charge is -2.28. The van der Waals surface area contributed by atoms with Gasteiger partial charge in [0, 0.05) is 11.1 Å². The molecule has 1 atom stereocenters. The highest BCUT2D eigenvalue weighted by Gasteiger charge is 2.50. The third-order valence-corrected chi connectivity index (χ3v) is 5.82. The van der Waals surface area contributed by atoms with E-state index in [1.807, 2.05) is 0 Å². The quantitative estimate of drug-likeness (QED) is 0.611. The Morgan fingerprint density at radius 1 is 1.14 bits per heavy atom. The molecule has 28 heavy (non-hydrogen) atoms. The van der Waals surface area contributed by atoms with E-state index in [0.29, 0.717) is 40.6 Å². The van der Waals surface area contributed by atoms with Crippen LogP contribution in [0.2, 0.25) is 0 Å². The minimum absolute atomic E-state index is 0.0593. The van der Waals surface area contributed by atoms with Crippen molar-refractivity contribution in [1.29, 1.82) is 0 Å². The van der Waals surface area contributed by atoms with Gasteiger partial charge in [-0.3, -0.25) is 0 Å². The Kier molecular flexibility index (Phi) is 5.31. The molecule has 0 bridgehead atoms. The number of cyclic esters (lactones) is 1. The summed E-state index contributed by atoms with van der Waals surface area (Å²) in [5, 5.41) is 11.5. The maximum atomic E-state index is 12.8. The standard InChI is InChI=1S/C22H26O6/c1-25-17-10-8-16(9-11-17)22(24)18(12-15-6-4-2-3-5-7-15)20(21(23)28-22)19-13-26-14-27-19/h8-11,13,15,24H,2-7,12,14H2,1H3. The molecule has 0 radical (unpaired) electrons. The predicted octanol–water partition coefficient (Wildman–Crippen LogP) is 3.90. The molecule has 1 fully saturated rings. The third-order valence-electron chi connectivity index (χ3n) is 5.82. The van der Waals surface area contributed by atoms with Crippen LogP contribution in [-0.4, -0.2) is 25.0 Å².